The number of aryl methyl sites for hydroxylation is 1. The quantitative estimate of drug-likeness (QED) is 0.848. The Labute approximate surface area is 146 Å². The summed E-state index contributed by atoms with van der Waals surface area (Å²) in [5, 5.41) is 4.09. The molecule has 2 saturated heterocycles. The third-order valence-corrected chi connectivity index (χ3v) is 4.88. The van der Waals surface area contributed by atoms with Crippen LogP contribution in [0.1, 0.15) is 29.6 Å². The molecule has 25 heavy (non-hydrogen) atoms. The molecule has 0 aromatic carbocycles. The SMILES string of the molecule is Cn1cc(C(=O)N2CCC[C@]3(C[C@@H](Oc4ccccn4)CO3)C2)cn1. The summed E-state index contributed by atoms with van der Waals surface area (Å²) in [6.07, 6.45) is 7.73. The van der Waals surface area contributed by atoms with Crippen LogP contribution in [0.5, 0.6) is 5.88 Å². The second-order valence-corrected chi connectivity index (χ2v) is 6.84. The topological polar surface area (TPSA) is 69.5 Å². The number of nitrogens with zero attached hydrogens (tertiary/aromatic N) is 4. The van der Waals surface area contributed by atoms with Crippen molar-refractivity contribution in [2.45, 2.75) is 31.0 Å². The zero-order valence-corrected chi connectivity index (χ0v) is 14.3. The number of carbonyl (C=O) groups is 1. The normalized spacial score (nSPS) is 26.1. The van der Waals surface area contributed by atoms with Gasteiger partial charge in [-0.15, -0.1) is 0 Å². The van der Waals surface area contributed by atoms with E-state index in [1.807, 2.05) is 30.1 Å². The van der Waals surface area contributed by atoms with Gasteiger partial charge in [-0.05, 0) is 18.9 Å². The van der Waals surface area contributed by atoms with Crippen molar-refractivity contribution >= 4 is 5.91 Å². The highest BCUT2D eigenvalue weighted by Crippen LogP contribution is 2.36. The maximum absolute atomic E-state index is 12.7. The van der Waals surface area contributed by atoms with Gasteiger partial charge in [-0.25, -0.2) is 4.98 Å². The van der Waals surface area contributed by atoms with Crippen LogP contribution in [0.25, 0.3) is 0 Å². The standard InChI is InChI=1S/C18H22N4O3/c1-21-11-14(10-20-21)17(23)22-8-4-6-18(13-22)9-15(12-24-18)25-16-5-2-3-7-19-16/h2-3,5,7,10-11,15H,4,6,8-9,12-13H2,1H3/t15-,18+/m1/s1. The van der Waals surface area contributed by atoms with E-state index in [2.05, 4.69) is 10.1 Å². The summed E-state index contributed by atoms with van der Waals surface area (Å²) in [7, 11) is 1.81. The van der Waals surface area contributed by atoms with Crippen LogP contribution in [0, 0.1) is 0 Å². The van der Waals surface area contributed by atoms with Crippen molar-refractivity contribution in [3.63, 3.8) is 0 Å². The summed E-state index contributed by atoms with van der Waals surface area (Å²) in [5.41, 5.74) is 0.314. The number of piperidine rings is 1. The highest BCUT2D eigenvalue weighted by atomic mass is 16.6. The van der Waals surface area contributed by atoms with Crippen molar-refractivity contribution < 1.29 is 14.3 Å². The second kappa shape index (κ2) is 6.48. The molecular weight excluding hydrogens is 320 g/mol. The second-order valence-electron chi connectivity index (χ2n) is 6.84. The van der Waals surface area contributed by atoms with Crippen molar-refractivity contribution in [1.29, 1.82) is 0 Å². The van der Waals surface area contributed by atoms with Crippen molar-refractivity contribution in [2.75, 3.05) is 19.7 Å². The van der Waals surface area contributed by atoms with Gasteiger partial charge in [0.15, 0.2) is 0 Å². The van der Waals surface area contributed by atoms with E-state index in [0.29, 0.717) is 24.6 Å². The molecular formula is C18H22N4O3. The van der Waals surface area contributed by atoms with E-state index in [1.165, 1.54) is 0 Å². The molecule has 0 bridgehead atoms. The molecule has 132 valence electrons. The third kappa shape index (κ3) is 3.37. The zero-order chi connectivity index (χ0) is 17.3. The van der Waals surface area contributed by atoms with Crippen LogP contribution >= 0.6 is 0 Å². The first-order valence-corrected chi connectivity index (χ1v) is 8.63. The number of pyridine rings is 1. The molecule has 4 rings (SSSR count). The maximum Gasteiger partial charge on any atom is 0.257 e. The van der Waals surface area contributed by atoms with Crippen LogP contribution in [0.15, 0.2) is 36.8 Å². The summed E-state index contributed by atoms with van der Waals surface area (Å²) in [4.78, 5) is 18.8. The minimum atomic E-state index is -0.310. The lowest BCUT2D eigenvalue weighted by Crippen LogP contribution is -2.50. The van der Waals surface area contributed by atoms with Gasteiger partial charge in [0, 0.05) is 38.5 Å². The minimum absolute atomic E-state index is 0.0184. The van der Waals surface area contributed by atoms with Gasteiger partial charge in [0.1, 0.15) is 6.10 Å². The molecule has 2 fully saturated rings. The fourth-order valence-electron chi connectivity index (χ4n) is 3.74. The van der Waals surface area contributed by atoms with Crippen molar-refractivity contribution in [1.82, 2.24) is 19.7 Å². The molecule has 2 aliphatic rings. The van der Waals surface area contributed by atoms with E-state index in [-0.39, 0.29) is 17.6 Å². The van der Waals surface area contributed by atoms with Crippen LogP contribution in [0.3, 0.4) is 0 Å². The Hall–Kier alpha value is -2.41. The average molecular weight is 342 g/mol. The Kier molecular flexibility index (Phi) is 4.17. The first-order valence-electron chi connectivity index (χ1n) is 8.63. The number of aromatic nitrogens is 3. The summed E-state index contributed by atoms with van der Waals surface area (Å²) >= 11 is 0. The lowest BCUT2D eigenvalue weighted by molar-refractivity contribution is -0.0453. The number of rotatable bonds is 3. The van der Waals surface area contributed by atoms with Gasteiger partial charge in [0.2, 0.25) is 5.88 Å². The molecule has 1 amide bonds. The molecule has 2 aromatic rings. The van der Waals surface area contributed by atoms with Crippen LogP contribution < -0.4 is 4.74 Å². The molecule has 2 atom stereocenters. The van der Waals surface area contributed by atoms with Gasteiger partial charge < -0.3 is 14.4 Å². The predicted octanol–water partition coefficient (Wildman–Crippen LogP) is 1.66. The van der Waals surface area contributed by atoms with E-state index in [0.717, 1.165) is 25.8 Å². The van der Waals surface area contributed by atoms with Crippen LogP contribution in [0.2, 0.25) is 0 Å². The number of hydrogen-bond acceptors (Lipinski definition) is 5. The Morgan fingerprint density at radius 2 is 2.36 bits per heavy atom. The molecule has 0 unspecified atom stereocenters. The molecule has 0 N–H and O–H groups in total. The smallest absolute Gasteiger partial charge is 0.257 e. The highest BCUT2D eigenvalue weighted by molar-refractivity contribution is 5.93. The first-order chi connectivity index (χ1) is 12.1. The van der Waals surface area contributed by atoms with Crippen molar-refractivity contribution in [2.24, 2.45) is 7.05 Å². The molecule has 0 radical (unpaired) electrons. The summed E-state index contributed by atoms with van der Waals surface area (Å²) < 4.78 is 13.7. The molecule has 0 aliphatic carbocycles. The molecule has 2 aromatic heterocycles. The van der Waals surface area contributed by atoms with E-state index >= 15 is 0 Å². The summed E-state index contributed by atoms with van der Waals surface area (Å²) in [6, 6.07) is 5.62. The number of likely N-dealkylation sites (tertiary alicyclic amines) is 1. The molecule has 2 aliphatic heterocycles. The Morgan fingerprint density at radius 3 is 3.12 bits per heavy atom. The van der Waals surface area contributed by atoms with E-state index in [9.17, 15) is 4.79 Å². The molecule has 4 heterocycles. The van der Waals surface area contributed by atoms with Gasteiger partial charge in [-0.3, -0.25) is 9.48 Å². The van der Waals surface area contributed by atoms with Gasteiger partial charge in [0.05, 0.1) is 30.5 Å². The first kappa shape index (κ1) is 16.1. The lowest BCUT2D eigenvalue weighted by Gasteiger charge is -2.39. The predicted molar refractivity (Wildman–Crippen MR) is 90.3 cm³/mol. The average Bonchev–Trinajstić information content (AvgIpc) is 3.22. The number of hydrogen-bond donors (Lipinski definition) is 0. The van der Waals surface area contributed by atoms with Gasteiger partial charge in [0.25, 0.3) is 5.91 Å². The molecule has 0 saturated carbocycles. The Morgan fingerprint density at radius 1 is 1.44 bits per heavy atom. The third-order valence-electron chi connectivity index (χ3n) is 4.88. The van der Waals surface area contributed by atoms with Crippen LogP contribution in [-0.4, -0.2) is 57.0 Å². The minimum Gasteiger partial charge on any atom is -0.472 e. The monoisotopic (exact) mass is 342 g/mol. The molecule has 7 nitrogen and oxygen atoms in total. The fraction of sp³-hybridized carbons (Fsp3) is 0.500. The van der Waals surface area contributed by atoms with Crippen LogP contribution in [-0.2, 0) is 11.8 Å². The Balaban J connectivity index is 1.41. The van der Waals surface area contributed by atoms with Crippen LogP contribution in [0.4, 0.5) is 0 Å². The van der Waals surface area contributed by atoms with Crippen molar-refractivity contribution in [3.8, 4) is 5.88 Å². The van der Waals surface area contributed by atoms with Gasteiger partial charge in [-0.2, -0.15) is 5.10 Å². The highest BCUT2D eigenvalue weighted by Gasteiger charge is 2.45. The summed E-state index contributed by atoms with van der Waals surface area (Å²) in [6.45, 7) is 1.89. The zero-order valence-electron chi connectivity index (χ0n) is 14.3. The van der Waals surface area contributed by atoms with Gasteiger partial charge >= 0.3 is 0 Å². The van der Waals surface area contributed by atoms with E-state index < -0.39 is 0 Å². The number of carbonyl (C=O) groups excluding carboxylic acids is 1. The number of ether oxygens (including phenoxy) is 2. The van der Waals surface area contributed by atoms with E-state index in [1.54, 1.807) is 23.3 Å². The molecule has 7 heteroatoms. The fourth-order valence-corrected chi connectivity index (χ4v) is 3.74. The van der Waals surface area contributed by atoms with E-state index in [4.69, 9.17) is 9.47 Å². The maximum atomic E-state index is 12.7. The molecule has 1 spiro atoms. The lowest BCUT2D eigenvalue weighted by atomic mass is 9.89. The number of amides is 1. The Bertz CT molecular complexity index is 748. The largest absolute Gasteiger partial charge is 0.472 e. The van der Waals surface area contributed by atoms with Gasteiger partial charge in [-0.1, -0.05) is 6.07 Å². The summed E-state index contributed by atoms with van der Waals surface area (Å²) in [5.74, 6) is 0.636. The van der Waals surface area contributed by atoms with Crippen molar-refractivity contribution in [3.05, 3.63) is 42.4 Å².